The maximum atomic E-state index is 5.57. The summed E-state index contributed by atoms with van der Waals surface area (Å²) in [5.74, 6) is 3.16. The number of nitrogens with one attached hydrogen (secondary N) is 1. The fraction of sp³-hybridized carbons (Fsp3) is 0.647. The highest BCUT2D eigenvalue weighted by Gasteiger charge is 2.34. The Morgan fingerprint density at radius 2 is 2.00 bits per heavy atom. The van der Waals surface area contributed by atoms with Crippen LogP contribution in [0.4, 0.5) is 5.69 Å². The molecule has 3 aliphatic rings. The first-order valence-corrected chi connectivity index (χ1v) is 7.91. The van der Waals surface area contributed by atoms with E-state index in [2.05, 4.69) is 23.5 Å². The molecule has 19 heavy (non-hydrogen) atoms. The quantitative estimate of drug-likeness (QED) is 0.883. The highest BCUT2D eigenvalue weighted by atomic mass is 16.5. The number of fused-ring (bicyclic) bond motifs is 1. The van der Waals surface area contributed by atoms with Crippen molar-refractivity contribution in [1.29, 1.82) is 0 Å². The summed E-state index contributed by atoms with van der Waals surface area (Å²) in [5.41, 5.74) is 2.67. The van der Waals surface area contributed by atoms with E-state index in [4.69, 9.17) is 4.74 Å². The number of hydrogen-bond donors (Lipinski definition) is 1. The summed E-state index contributed by atoms with van der Waals surface area (Å²) in [6.07, 6.45) is 9.67. The fourth-order valence-electron chi connectivity index (χ4n) is 3.87. The first-order valence-electron chi connectivity index (χ1n) is 7.91. The average Bonchev–Trinajstić information content (AvgIpc) is 3.18. The van der Waals surface area contributed by atoms with Gasteiger partial charge in [-0.15, -0.1) is 0 Å². The van der Waals surface area contributed by atoms with Crippen LogP contribution >= 0.6 is 0 Å². The van der Waals surface area contributed by atoms with Crippen molar-refractivity contribution in [3.8, 4) is 5.75 Å². The normalized spacial score (nSPS) is 29.7. The Morgan fingerprint density at radius 1 is 1.05 bits per heavy atom. The molecule has 0 amide bonds. The van der Waals surface area contributed by atoms with Crippen LogP contribution in [0.5, 0.6) is 5.75 Å². The topological polar surface area (TPSA) is 21.3 Å². The van der Waals surface area contributed by atoms with E-state index in [0.717, 1.165) is 30.6 Å². The summed E-state index contributed by atoms with van der Waals surface area (Å²) in [7, 11) is 0. The maximum absolute atomic E-state index is 5.57. The number of ether oxygens (including phenoxy) is 1. The first kappa shape index (κ1) is 11.6. The van der Waals surface area contributed by atoms with Crippen LogP contribution in [-0.2, 0) is 6.42 Å². The Labute approximate surface area is 115 Å². The number of rotatable bonds is 3. The lowest BCUT2D eigenvalue weighted by atomic mass is 9.82. The molecule has 0 spiro atoms. The average molecular weight is 257 g/mol. The van der Waals surface area contributed by atoms with Crippen molar-refractivity contribution in [2.45, 2.75) is 51.0 Å². The van der Waals surface area contributed by atoms with Crippen molar-refractivity contribution in [3.63, 3.8) is 0 Å². The number of anilines is 1. The minimum Gasteiger partial charge on any atom is -0.493 e. The predicted octanol–water partition coefficient (Wildman–Crippen LogP) is 4.00. The first-order chi connectivity index (χ1) is 9.38. The van der Waals surface area contributed by atoms with Gasteiger partial charge in [-0.1, -0.05) is 12.8 Å². The molecule has 1 aromatic rings. The van der Waals surface area contributed by atoms with Gasteiger partial charge in [0.1, 0.15) is 5.75 Å². The van der Waals surface area contributed by atoms with Crippen LogP contribution in [0.3, 0.4) is 0 Å². The standard InChI is InChI=1S/C17H23NO/c1-2-13(12-4-5-12)10-15(3-1)18-16-6-7-17-14(11-16)8-9-19-17/h6-7,11-13,15,18H,1-5,8-10H2. The van der Waals surface area contributed by atoms with E-state index in [1.54, 1.807) is 0 Å². The molecule has 0 aromatic heterocycles. The third kappa shape index (κ3) is 2.45. The summed E-state index contributed by atoms with van der Waals surface area (Å²) < 4.78 is 5.57. The Bertz CT molecular complexity index is 466. The largest absolute Gasteiger partial charge is 0.493 e. The van der Waals surface area contributed by atoms with Crippen molar-refractivity contribution in [2.24, 2.45) is 11.8 Å². The molecule has 4 rings (SSSR count). The van der Waals surface area contributed by atoms with Gasteiger partial charge in [-0.05, 0) is 61.3 Å². The van der Waals surface area contributed by atoms with Crippen LogP contribution in [0.1, 0.15) is 44.1 Å². The Hall–Kier alpha value is -1.18. The van der Waals surface area contributed by atoms with Crippen molar-refractivity contribution in [2.75, 3.05) is 11.9 Å². The lowest BCUT2D eigenvalue weighted by molar-refractivity contribution is 0.303. The minimum atomic E-state index is 0.694. The molecule has 1 N–H and O–H groups in total. The molecule has 2 aliphatic carbocycles. The molecule has 2 unspecified atom stereocenters. The third-order valence-corrected chi connectivity index (χ3v) is 5.06. The summed E-state index contributed by atoms with van der Waals surface area (Å²) >= 11 is 0. The van der Waals surface area contributed by atoms with E-state index in [-0.39, 0.29) is 0 Å². The zero-order chi connectivity index (χ0) is 12.7. The van der Waals surface area contributed by atoms with E-state index in [0.29, 0.717) is 6.04 Å². The zero-order valence-corrected chi connectivity index (χ0v) is 11.5. The number of hydrogen-bond acceptors (Lipinski definition) is 2. The third-order valence-electron chi connectivity index (χ3n) is 5.06. The van der Waals surface area contributed by atoms with Gasteiger partial charge < -0.3 is 10.1 Å². The smallest absolute Gasteiger partial charge is 0.122 e. The van der Waals surface area contributed by atoms with Gasteiger partial charge in [0, 0.05) is 18.2 Å². The van der Waals surface area contributed by atoms with Crippen LogP contribution < -0.4 is 10.1 Å². The fourth-order valence-corrected chi connectivity index (χ4v) is 3.87. The molecule has 2 saturated carbocycles. The highest BCUT2D eigenvalue weighted by molar-refractivity contribution is 5.53. The molecular formula is C17H23NO. The van der Waals surface area contributed by atoms with Crippen molar-refractivity contribution < 1.29 is 4.74 Å². The van der Waals surface area contributed by atoms with Gasteiger partial charge in [0.25, 0.3) is 0 Å². The second-order valence-corrected chi connectivity index (χ2v) is 6.53. The van der Waals surface area contributed by atoms with E-state index in [9.17, 15) is 0 Å². The Balaban J connectivity index is 1.42. The molecule has 1 heterocycles. The van der Waals surface area contributed by atoms with Gasteiger partial charge in [0.15, 0.2) is 0 Å². The van der Waals surface area contributed by atoms with E-state index in [1.165, 1.54) is 49.8 Å². The second-order valence-electron chi connectivity index (χ2n) is 6.53. The van der Waals surface area contributed by atoms with Crippen LogP contribution in [0, 0.1) is 11.8 Å². The minimum absolute atomic E-state index is 0.694. The lowest BCUT2D eigenvalue weighted by Crippen LogP contribution is -2.28. The van der Waals surface area contributed by atoms with Crippen molar-refractivity contribution >= 4 is 5.69 Å². The highest BCUT2D eigenvalue weighted by Crippen LogP contribution is 2.44. The Kier molecular flexibility index (Phi) is 2.90. The molecule has 0 bridgehead atoms. The van der Waals surface area contributed by atoms with Gasteiger partial charge in [-0.3, -0.25) is 0 Å². The molecule has 102 valence electrons. The number of benzene rings is 1. The lowest BCUT2D eigenvalue weighted by Gasteiger charge is -2.30. The van der Waals surface area contributed by atoms with Crippen LogP contribution in [-0.4, -0.2) is 12.6 Å². The summed E-state index contributed by atoms with van der Waals surface area (Å²) in [6.45, 7) is 0.853. The van der Waals surface area contributed by atoms with E-state index in [1.807, 2.05) is 0 Å². The van der Waals surface area contributed by atoms with Gasteiger partial charge in [0.05, 0.1) is 6.61 Å². The molecule has 1 aromatic carbocycles. The molecule has 2 fully saturated rings. The zero-order valence-electron chi connectivity index (χ0n) is 11.5. The summed E-state index contributed by atoms with van der Waals surface area (Å²) in [4.78, 5) is 0. The van der Waals surface area contributed by atoms with Crippen LogP contribution in [0.2, 0.25) is 0 Å². The summed E-state index contributed by atoms with van der Waals surface area (Å²) in [6, 6.07) is 7.31. The monoisotopic (exact) mass is 257 g/mol. The molecule has 2 nitrogen and oxygen atoms in total. The van der Waals surface area contributed by atoms with Gasteiger partial charge in [0.2, 0.25) is 0 Å². The van der Waals surface area contributed by atoms with Crippen LogP contribution in [0.15, 0.2) is 18.2 Å². The van der Waals surface area contributed by atoms with E-state index >= 15 is 0 Å². The SMILES string of the molecule is c1cc2c(cc1NC1CCCC(C3CC3)C1)CCO2. The predicted molar refractivity (Wildman–Crippen MR) is 77.7 cm³/mol. The molecule has 2 heteroatoms. The van der Waals surface area contributed by atoms with Gasteiger partial charge in [-0.2, -0.15) is 0 Å². The molecular weight excluding hydrogens is 234 g/mol. The maximum Gasteiger partial charge on any atom is 0.122 e. The van der Waals surface area contributed by atoms with Crippen LogP contribution in [0.25, 0.3) is 0 Å². The van der Waals surface area contributed by atoms with Gasteiger partial charge in [-0.25, -0.2) is 0 Å². The summed E-state index contributed by atoms with van der Waals surface area (Å²) in [5, 5.41) is 3.77. The van der Waals surface area contributed by atoms with E-state index < -0.39 is 0 Å². The van der Waals surface area contributed by atoms with Crippen molar-refractivity contribution in [3.05, 3.63) is 23.8 Å². The van der Waals surface area contributed by atoms with Gasteiger partial charge >= 0.3 is 0 Å². The molecule has 1 aliphatic heterocycles. The van der Waals surface area contributed by atoms with Crippen molar-refractivity contribution in [1.82, 2.24) is 0 Å². The molecule has 0 radical (unpaired) electrons. The second kappa shape index (κ2) is 4.73. The Morgan fingerprint density at radius 3 is 2.89 bits per heavy atom. The molecule has 0 saturated heterocycles. The molecule has 2 atom stereocenters.